The fourth-order valence-electron chi connectivity index (χ4n) is 1.54. The average Bonchev–Trinajstić information content (AvgIpc) is 2.71. The van der Waals surface area contributed by atoms with Crippen LogP contribution in [0.1, 0.15) is 18.9 Å². The lowest BCUT2D eigenvalue weighted by molar-refractivity contribution is 0.880. The van der Waals surface area contributed by atoms with Gasteiger partial charge in [0.2, 0.25) is 11.9 Å². The molecule has 0 aliphatic rings. The van der Waals surface area contributed by atoms with Gasteiger partial charge in [0, 0.05) is 11.6 Å². The summed E-state index contributed by atoms with van der Waals surface area (Å²) in [7, 11) is 0. The van der Waals surface area contributed by atoms with Crippen LogP contribution in [0.15, 0.2) is 18.2 Å². The van der Waals surface area contributed by atoms with Gasteiger partial charge in [-0.25, -0.2) is 0 Å². The van der Waals surface area contributed by atoms with Gasteiger partial charge in [-0.2, -0.15) is 9.67 Å². The van der Waals surface area contributed by atoms with E-state index in [1.54, 1.807) is 4.68 Å². The van der Waals surface area contributed by atoms with E-state index in [0.717, 1.165) is 24.2 Å². The lowest BCUT2D eigenvalue weighted by atomic mass is 10.2. The number of benzene rings is 1. The maximum Gasteiger partial charge on any atom is 0.244 e. The van der Waals surface area contributed by atoms with Gasteiger partial charge in [0.1, 0.15) is 0 Å². The molecule has 2 rings (SSSR count). The summed E-state index contributed by atoms with van der Waals surface area (Å²) < 4.78 is 1.57. The highest BCUT2D eigenvalue weighted by molar-refractivity contribution is 6.31. The first-order chi connectivity index (χ1) is 8.61. The predicted molar refractivity (Wildman–Crippen MR) is 74.3 cm³/mol. The number of aryl methyl sites for hydroxylation is 1. The van der Waals surface area contributed by atoms with Gasteiger partial charge in [-0.15, -0.1) is 5.10 Å². The second kappa shape index (κ2) is 5.27. The van der Waals surface area contributed by atoms with E-state index in [2.05, 4.69) is 22.3 Å². The van der Waals surface area contributed by atoms with Crippen molar-refractivity contribution in [3.05, 3.63) is 28.8 Å². The molecular weight excluding hydrogens is 250 g/mol. The number of hydrogen-bond donors (Lipinski definition) is 2. The molecule has 6 heteroatoms. The van der Waals surface area contributed by atoms with Gasteiger partial charge in [-0.1, -0.05) is 24.6 Å². The molecule has 3 N–H and O–H groups in total. The van der Waals surface area contributed by atoms with Crippen LogP contribution in [0.25, 0.3) is 5.69 Å². The van der Waals surface area contributed by atoms with E-state index in [0.29, 0.717) is 16.9 Å². The van der Waals surface area contributed by atoms with Crippen LogP contribution in [0, 0.1) is 6.92 Å². The Hall–Kier alpha value is -1.75. The van der Waals surface area contributed by atoms with Crippen LogP contribution in [0.2, 0.25) is 5.02 Å². The fraction of sp³-hybridized carbons (Fsp3) is 0.333. The summed E-state index contributed by atoms with van der Waals surface area (Å²) in [4.78, 5) is 4.15. The first-order valence-corrected chi connectivity index (χ1v) is 6.22. The zero-order chi connectivity index (χ0) is 13.1. The van der Waals surface area contributed by atoms with Crippen molar-refractivity contribution in [3.63, 3.8) is 0 Å². The molecule has 0 radical (unpaired) electrons. The van der Waals surface area contributed by atoms with Crippen molar-refractivity contribution in [3.8, 4) is 5.69 Å². The summed E-state index contributed by atoms with van der Waals surface area (Å²) in [5, 5.41) is 8.08. The maximum atomic E-state index is 6.09. The lowest BCUT2D eigenvalue weighted by Crippen LogP contribution is -2.03. The molecular formula is C12H16ClN5. The Kier molecular flexibility index (Phi) is 3.72. The van der Waals surface area contributed by atoms with Crippen molar-refractivity contribution in [2.75, 3.05) is 17.6 Å². The minimum Gasteiger partial charge on any atom is -0.368 e. The third-order valence-corrected chi connectivity index (χ3v) is 2.97. The van der Waals surface area contributed by atoms with Crippen LogP contribution in [-0.4, -0.2) is 21.3 Å². The van der Waals surface area contributed by atoms with Gasteiger partial charge in [-0.3, -0.25) is 0 Å². The van der Waals surface area contributed by atoms with Crippen LogP contribution in [0.5, 0.6) is 0 Å². The molecule has 1 aromatic heterocycles. The van der Waals surface area contributed by atoms with Gasteiger partial charge < -0.3 is 11.1 Å². The number of halogens is 1. The van der Waals surface area contributed by atoms with Gasteiger partial charge in [0.15, 0.2) is 0 Å². The van der Waals surface area contributed by atoms with Crippen molar-refractivity contribution < 1.29 is 0 Å². The smallest absolute Gasteiger partial charge is 0.244 e. The van der Waals surface area contributed by atoms with Crippen LogP contribution >= 0.6 is 11.6 Å². The van der Waals surface area contributed by atoms with Crippen molar-refractivity contribution in [1.29, 1.82) is 0 Å². The Morgan fingerprint density at radius 2 is 2.22 bits per heavy atom. The summed E-state index contributed by atoms with van der Waals surface area (Å²) in [6.07, 6.45) is 1.00. The molecule has 0 saturated carbocycles. The molecule has 1 heterocycles. The number of nitrogens with zero attached hydrogens (tertiary/aromatic N) is 3. The molecule has 2 aromatic rings. The molecule has 0 amide bonds. The Labute approximate surface area is 111 Å². The Morgan fingerprint density at radius 1 is 1.44 bits per heavy atom. The molecule has 18 heavy (non-hydrogen) atoms. The van der Waals surface area contributed by atoms with Crippen LogP contribution in [0.4, 0.5) is 11.9 Å². The van der Waals surface area contributed by atoms with Crippen molar-refractivity contribution >= 4 is 23.5 Å². The Bertz CT molecular complexity index is 549. The first kappa shape index (κ1) is 12.7. The fourth-order valence-corrected chi connectivity index (χ4v) is 1.71. The van der Waals surface area contributed by atoms with Gasteiger partial charge in [0.05, 0.1) is 5.69 Å². The van der Waals surface area contributed by atoms with Crippen molar-refractivity contribution in [1.82, 2.24) is 14.8 Å². The highest BCUT2D eigenvalue weighted by Crippen LogP contribution is 2.21. The molecule has 0 fully saturated rings. The lowest BCUT2D eigenvalue weighted by Gasteiger charge is -2.04. The summed E-state index contributed by atoms with van der Waals surface area (Å²) in [5.41, 5.74) is 7.66. The van der Waals surface area contributed by atoms with E-state index in [1.807, 2.05) is 25.1 Å². The first-order valence-electron chi connectivity index (χ1n) is 5.84. The minimum atomic E-state index is 0.341. The maximum absolute atomic E-state index is 6.09. The molecule has 1 aromatic carbocycles. The van der Waals surface area contributed by atoms with Crippen molar-refractivity contribution in [2.45, 2.75) is 20.3 Å². The number of hydrogen-bond acceptors (Lipinski definition) is 4. The number of aromatic nitrogens is 3. The minimum absolute atomic E-state index is 0.341. The summed E-state index contributed by atoms with van der Waals surface area (Å²) in [6, 6.07) is 5.67. The number of rotatable bonds is 4. The third kappa shape index (κ3) is 2.56. The van der Waals surface area contributed by atoms with E-state index < -0.39 is 0 Å². The SMILES string of the molecule is CCCNc1nc(N)n(-c2ccc(C)c(Cl)c2)n1. The molecule has 0 aliphatic carbocycles. The molecule has 5 nitrogen and oxygen atoms in total. The Morgan fingerprint density at radius 3 is 2.89 bits per heavy atom. The van der Waals surface area contributed by atoms with Crippen molar-refractivity contribution in [2.24, 2.45) is 0 Å². The van der Waals surface area contributed by atoms with E-state index in [-0.39, 0.29) is 0 Å². The number of nitrogen functional groups attached to an aromatic ring is 1. The number of nitrogens with two attached hydrogens (primary N) is 1. The molecule has 0 aliphatic heterocycles. The van der Waals surface area contributed by atoms with E-state index in [1.165, 1.54) is 0 Å². The average molecular weight is 266 g/mol. The predicted octanol–water partition coefficient (Wildman–Crippen LogP) is 2.63. The number of anilines is 2. The summed E-state index contributed by atoms with van der Waals surface area (Å²) in [5.74, 6) is 0.875. The third-order valence-electron chi connectivity index (χ3n) is 2.57. The monoisotopic (exact) mass is 265 g/mol. The molecule has 0 unspecified atom stereocenters. The zero-order valence-electron chi connectivity index (χ0n) is 10.4. The molecule has 0 saturated heterocycles. The molecule has 0 spiro atoms. The van der Waals surface area contributed by atoms with Crippen LogP contribution in [-0.2, 0) is 0 Å². The topological polar surface area (TPSA) is 68.8 Å². The Balaban J connectivity index is 2.32. The molecule has 0 bridgehead atoms. The summed E-state index contributed by atoms with van der Waals surface area (Å²) >= 11 is 6.09. The van der Waals surface area contributed by atoms with E-state index in [9.17, 15) is 0 Å². The highest BCUT2D eigenvalue weighted by atomic mass is 35.5. The zero-order valence-corrected chi connectivity index (χ0v) is 11.2. The van der Waals surface area contributed by atoms with Gasteiger partial charge in [0.25, 0.3) is 0 Å². The number of nitrogens with one attached hydrogen (secondary N) is 1. The second-order valence-electron chi connectivity index (χ2n) is 4.07. The van der Waals surface area contributed by atoms with E-state index >= 15 is 0 Å². The molecule has 96 valence electrons. The second-order valence-corrected chi connectivity index (χ2v) is 4.47. The standard InChI is InChI=1S/C12H16ClN5/c1-3-6-15-12-16-11(14)18(17-12)9-5-4-8(2)10(13)7-9/h4-5,7H,3,6H2,1-2H3,(H3,14,15,16,17). The van der Waals surface area contributed by atoms with Crippen LogP contribution < -0.4 is 11.1 Å². The van der Waals surface area contributed by atoms with E-state index in [4.69, 9.17) is 17.3 Å². The normalized spacial score (nSPS) is 10.6. The van der Waals surface area contributed by atoms with Crippen LogP contribution in [0.3, 0.4) is 0 Å². The summed E-state index contributed by atoms with van der Waals surface area (Å²) in [6.45, 7) is 4.84. The highest BCUT2D eigenvalue weighted by Gasteiger charge is 2.09. The largest absolute Gasteiger partial charge is 0.368 e. The molecule has 0 atom stereocenters. The quantitative estimate of drug-likeness (QED) is 0.892. The van der Waals surface area contributed by atoms with Gasteiger partial charge >= 0.3 is 0 Å². The van der Waals surface area contributed by atoms with Gasteiger partial charge in [-0.05, 0) is 31.0 Å².